The molecule has 0 aromatic carbocycles. The van der Waals surface area contributed by atoms with E-state index in [0.717, 1.165) is 74.0 Å². The lowest BCUT2D eigenvalue weighted by atomic mass is 9.59. The minimum atomic E-state index is -1.06. The van der Waals surface area contributed by atoms with Gasteiger partial charge in [0.05, 0.1) is 0 Å². The molecule has 8 saturated carbocycles. The molecular weight excluding hydrogens is 985 g/mol. The highest BCUT2D eigenvalue weighted by atomic mass is 14.5. The maximum Gasteiger partial charge on any atom is 0.0300 e. The van der Waals surface area contributed by atoms with Crippen LogP contribution < -0.4 is 0 Å². The van der Waals surface area contributed by atoms with Crippen LogP contribution in [0.4, 0.5) is 0 Å². The predicted octanol–water partition coefficient (Wildman–Crippen LogP) is 31.3. The lowest BCUT2D eigenvalue weighted by molar-refractivity contribution is 0.0511. The first-order valence-electron chi connectivity index (χ1n) is 42.0. The number of unbranched alkanes of at least 4 members (excludes halogenated alkanes) is 1. The van der Waals surface area contributed by atoms with Crippen LogP contribution in [0.25, 0.3) is 0 Å². The SMILES string of the molecule is CC.CC(C)(C)C.CC1CCC2(CC1)CCC(C)(C)CC2.CC1CCC2(CCCC2)CC1.CCC.CCCC.[2H]C(C)(C)C.[2H]C([2H])(C)C(C)(C)C.[2H]C([2H])(C)C(C)C.[2H]C([2H])(C)C1CCCC1.[2H]C([2H])(C)C1CCCCC1.[2H]C1(C)CCCC1.[2H]C1(C)CCCCC1. The Balaban J connectivity index is -0.000000308. The van der Waals surface area contributed by atoms with Crippen molar-refractivity contribution in [1.29, 1.82) is 0 Å². The molecule has 8 aliphatic carbocycles. The van der Waals surface area contributed by atoms with Crippen molar-refractivity contribution in [3.63, 3.8) is 0 Å². The molecule has 0 heteroatoms. The Bertz CT molecular complexity index is 1580. The molecule has 0 bridgehead atoms. The molecule has 8 fully saturated rings. The smallest absolute Gasteiger partial charge is 0.0300 e. The lowest BCUT2D eigenvalue weighted by Crippen LogP contribution is -2.34. The summed E-state index contributed by atoms with van der Waals surface area (Å²) >= 11 is 0. The predicted molar refractivity (Wildman–Crippen MR) is 388 cm³/mol. The summed E-state index contributed by atoms with van der Waals surface area (Å²) in [6.45, 7) is 56.8. The first-order chi connectivity index (χ1) is 42.0. The quantitative estimate of drug-likeness (QED) is 0.263. The third kappa shape index (κ3) is 66.0. The first kappa shape index (κ1) is 69.5. The third-order valence-corrected chi connectivity index (χ3v) is 17.8. The molecule has 0 aromatic rings. The summed E-state index contributed by atoms with van der Waals surface area (Å²) in [7, 11) is 0. The van der Waals surface area contributed by atoms with E-state index in [-0.39, 0.29) is 29.0 Å². The van der Waals surface area contributed by atoms with Crippen LogP contribution >= 0.6 is 0 Å². The van der Waals surface area contributed by atoms with Gasteiger partial charge in [-0.1, -0.05) is 393 Å². The minimum Gasteiger partial charge on any atom is -0.0683 e. The molecule has 502 valence electrons. The highest BCUT2D eigenvalue weighted by molar-refractivity contribution is 4.92. The fraction of sp³-hybridized carbons (Fsp3) is 1.00. The van der Waals surface area contributed by atoms with Crippen molar-refractivity contribution in [2.75, 3.05) is 0 Å². The van der Waals surface area contributed by atoms with Gasteiger partial charge >= 0.3 is 0 Å². The van der Waals surface area contributed by atoms with Crippen molar-refractivity contribution in [2.45, 2.75) is 457 Å². The summed E-state index contributed by atoms with van der Waals surface area (Å²) in [5.41, 5.74) is 2.57. The monoisotopic (exact) mass is 1170 g/mol. The molecule has 0 heterocycles. The molecule has 0 unspecified atom stereocenters. The van der Waals surface area contributed by atoms with E-state index in [1.165, 1.54) is 161 Å². The van der Waals surface area contributed by atoms with Gasteiger partial charge in [-0.25, -0.2) is 0 Å². The van der Waals surface area contributed by atoms with Gasteiger partial charge in [-0.2, -0.15) is 0 Å². The summed E-state index contributed by atoms with van der Waals surface area (Å²) in [6.07, 6.45) is 45.9. The summed E-state index contributed by atoms with van der Waals surface area (Å²) in [5.74, 6) is 2.47. The summed E-state index contributed by atoms with van der Waals surface area (Å²) in [6, 6.07) is 0. The average Bonchev–Trinajstić information content (AvgIpc) is 1.24. The average molecular weight is 1170 g/mol. The molecule has 0 aromatic heterocycles. The zero-order valence-corrected chi connectivity index (χ0v) is 63.0. The third-order valence-electron chi connectivity index (χ3n) is 17.8. The van der Waals surface area contributed by atoms with Gasteiger partial charge in [0.1, 0.15) is 0 Å². The van der Waals surface area contributed by atoms with Gasteiger partial charge in [0, 0.05) is 15.1 Å². The highest BCUT2D eigenvalue weighted by Crippen LogP contribution is 2.53. The van der Waals surface area contributed by atoms with Gasteiger partial charge in [0.2, 0.25) is 0 Å². The van der Waals surface area contributed by atoms with E-state index >= 15 is 0 Å². The summed E-state index contributed by atoms with van der Waals surface area (Å²) in [5, 5.41) is 0. The molecule has 0 aliphatic heterocycles. The van der Waals surface area contributed by atoms with E-state index < -0.39 is 25.5 Å². The topological polar surface area (TPSA) is 0 Å². The molecular formula is C82H174. The molecule has 0 radical (unpaired) electrons. The Morgan fingerprint density at radius 1 is 0.415 bits per heavy atom. The van der Waals surface area contributed by atoms with E-state index in [1.807, 2.05) is 83.1 Å². The number of hydrogen-bond acceptors (Lipinski definition) is 0. The first-order valence-corrected chi connectivity index (χ1v) is 36.5. The van der Waals surface area contributed by atoms with Crippen LogP contribution in [0.15, 0.2) is 0 Å². The van der Waals surface area contributed by atoms with Gasteiger partial charge in [-0.15, -0.1) is 0 Å². The maximum atomic E-state index is 7.63. The zero-order valence-electron chi connectivity index (χ0n) is 74.0. The highest BCUT2D eigenvalue weighted by Gasteiger charge is 2.40. The number of rotatable bonds is 4. The molecule has 0 atom stereocenters. The fourth-order valence-corrected chi connectivity index (χ4v) is 11.1. The molecule has 8 rings (SSSR count). The van der Waals surface area contributed by atoms with Crippen LogP contribution in [0.3, 0.4) is 0 Å². The zero-order chi connectivity index (χ0) is 74.0. The summed E-state index contributed by atoms with van der Waals surface area (Å²) in [4.78, 5) is 0. The Labute approximate surface area is 544 Å². The van der Waals surface area contributed by atoms with Gasteiger partial charge in [-0.3, -0.25) is 0 Å². The summed E-state index contributed by atoms with van der Waals surface area (Å²) < 4.78 is 80.4. The van der Waals surface area contributed by atoms with Gasteiger partial charge in [0.25, 0.3) is 0 Å². The van der Waals surface area contributed by atoms with Gasteiger partial charge < -0.3 is 0 Å². The Kier molecular flexibility index (Phi) is 48.7. The van der Waals surface area contributed by atoms with Crippen molar-refractivity contribution >= 4 is 0 Å². The second kappa shape index (κ2) is 57.4. The maximum absolute atomic E-state index is 7.63. The second-order valence-corrected chi connectivity index (χ2v) is 31.5. The van der Waals surface area contributed by atoms with Crippen molar-refractivity contribution in [3.8, 4) is 0 Å². The van der Waals surface area contributed by atoms with Crippen LogP contribution in [0.2, 0.25) is 0 Å². The van der Waals surface area contributed by atoms with Gasteiger partial charge in [0.15, 0.2) is 0 Å². The van der Waals surface area contributed by atoms with Gasteiger partial charge in [-0.05, 0) is 139 Å². The molecule has 8 aliphatic rings. The lowest BCUT2D eigenvalue weighted by Gasteiger charge is -2.47. The Morgan fingerprint density at radius 2 is 0.646 bits per heavy atom. The molecule has 0 N–H and O–H groups in total. The number of hydrogen-bond donors (Lipinski definition) is 0. The van der Waals surface area contributed by atoms with Crippen molar-refractivity contribution in [3.05, 3.63) is 0 Å². The molecule has 82 heavy (non-hydrogen) atoms. The molecule has 0 amide bonds. The largest absolute Gasteiger partial charge is 0.0683 e. The van der Waals surface area contributed by atoms with E-state index in [4.69, 9.17) is 15.1 Å². The second-order valence-electron chi connectivity index (χ2n) is 31.5. The van der Waals surface area contributed by atoms with Crippen LogP contribution in [0.1, 0.15) is 472 Å². The molecule has 0 saturated heterocycles. The van der Waals surface area contributed by atoms with Crippen LogP contribution in [-0.2, 0) is 0 Å². The molecule has 0 nitrogen and oxygen atoms in total. The van der Waals surface area contributed by atoms with Crippen LogP contribution in [-0.4, -0.2) is 0 Å². The van der Waals surface area contributed by atoms with Crippen LogP contribution in [0, 0.1) is 74.3 Å². The minimum absolute atomic E-state index is 0.0556. The van der Waals surface area contributed by atoms with E-state index in [9.17, 15) is 0 Å². The fourth-order valence-electron chi connectivity index (χ4n) is 11.1. The van der Waals surface area contributed by atoms with E-state index in [0.29, 0.717) is 22.7 Å². The Hall–Kier alpha value is 0. The van der Waals surface area contributed by atoms with Crippen molar-refractivity contribution < 1.29 is 15.1 Å². The van der Waals surface area contributed by atoms with E-state index in [2.05, 4.69) is 83.1 Å². The Morgan fingerprint density at radius 3 is 0.841 bits per heavy atom. The van der Waals surface area contributed by atoms with Crippen molar-refractivity contribution in [1.82, 2.24) is 0 Å². The standard InChI is InChI=1S/C14H26.C11H20.C8H16.2C7H14.C6H12.C6H14.2C5H12.2C4H10.C3H8.C2H6/c1-12-4-6-14(7-5-12)10-8-13(2,3)9-11-14;1-10-4-8-11(9-5-10)6-2-3-7-11;1-2-8-6-4-3-5-7-8;1-7-5-3-2-4-6-7;1-2-7-5-3-4-6-7;1-6-4-2-3-5-6;1-5-6(2,3)4;1-5(2,3)4;1-4-5(2)3;1-4(2)3;1-3-4-2;1-3-2;1-2/h12H,4-11H2,1-3H3;10H,2-9H2,1H3;8H,2-7H2,1H3;2*7H,2-6H2,1H3;6H,2-5H2,1H3;5H2,1-4H3;1-4H3;5H,4H2,1-3H3;4H,1-3H3;3-4H2,1-2H3;3H2,1-2H3;1-2H3/i;;2D2;7D;2D2;6D;5D2;;4D2;4D;;;. The van der Waals surface area contributed by atoms with Crippen LogP contribution in [0.5, 0.6) is 0 Å². The molecule has 2 spiro atoms. The van der Waals surface area contributed by atoms with E-state index in [1.54, 1.807) is 53.4 Å². The normalized spacial score (nSPS) is 24.9. The van der Waals surface area contributed by atoms with Crippen molar-refractivity contribution in [2.24, 2.45) is 74.3 Å².